The highest BCUT2D eigenvalue weighted by atomic mass is 32.1. The maximum absolute atomic E-state index is 11.6. The highest BCUT2D eigenvalue weighted by Crippen LogP contribution is 2.23. The Balaban J connectivity index is 1.93. The Morgan fingerprint density at radius 2 is 2.44 bits per heavy atom. The van der Waals surface area contributed by atoms with Crippen molar-refractivity contribution < 1.29 is 9.53 Å². The second-order valence-electron chi connectivity index (χ2n) is 3.38. The maximum atomic E-state index is 11.6. The van der Waals surface area contributed by atoms with Crippen molar-refractivity contribution in [3.63, 3.8) is 0 Å². The highest BCUT2D eigenvalue weighted by molar-refractivity contribution is 7.15. The van der Waals surface area contributed by atoms with E-state index < -0.39 is 0 Å². The van der Waals surface area contributed by atoms with E-state index in [0.29, 0.717) is 10.1 Å². The second kappa shape index (κ2) is 5.60. The van der Waals surface area contributed by atoms with Crippen LogP contribution in [0.3, 0.4) is 0 Å². The number of tetrazole rings is 1. The van der Waals surface area contributed by atoms with E-state index in [1.807, 2.05) is 6.92 Å². The number of ether oxygens (including phenoxy) is 1. The van der Waals surface area contributed by atoms with Crippen molar-refractivity contribution in [1.82, 2.24) is 30.4 Å². The summed E-state index contributed by atoms with van der Waals surface area (Å²) in [5.74, 6) is -0.268. The molecule has 2 rings (SSSR count). The van der Waals surface area contributed by atoms with Gasteiger partial charge in [0.2, 0.25) is 11.0 Å². The van der Waals surface area contributed by atoms with Crippen LogP contribution in [0.5, 0.6) is 0 Å². The van der Waals surface area contributed by atoms with Gasteiger partial charge in [-0.1, -0.05) is 11.3 Å². The number of anilines is 1. The van der Waals surface area contributed by atoms with Gasteiger partial charge >= 0.3 is 0 Å². The molecule has 1 unspecified atom stereocenters. The molecule has 0 aliphatic heterocycles. The Morgan fingerprint density at radius 1 is 1.61 bits per heavy atom. The van der Waals surface area contributed by atoms with Crippen molar-refractivity contribution in [2.75, 3.05) is 12.4 Å². The maximum Gasteiger partial charge on any atom is 0.248 e. The molecule has 0 aromatic carbocycles. The van der Waals surface area contributed by atoms with Crippen LogP contribution in [-0.4, -0.2) is 43.4 Å². The normalized spacial score (nSPS) is 12.3. The van der Waals surface area contributed by atoms with E-state index >= 15 is 0 Å². The SMILES string of the molecule is COC(C)c1nnc(NC(=O)Cn2cnnn2)s1. The fourth-order valence-electron chi connectivity index (χ4n) is 1.11. The average molecular weight is 269 g/mol. The molecule has 0 radical (unpaired) electrons. The van der Waals surface area contributed by atoms with E-state index in [2.05, 4.69) is 31.0 Å². The zero-order valence-corrected chi connectivity index (χ0v) is 10.6. The quantitative estimate of drug-likeness (QED) is 0.805. The van der Waals surface area contributed by atoms with Crippen LogP contribution in [-0.2, 0) is 16.1 Å². The Bertz CT molecular complexity index is 511. The third-order valence-electron chi connectivity index (χ3n) is 2.09. The van der Waals surface area contributed by atoms with E-state index in [1.165, 1.54) is 22.3 Å². The average Bonchev–Trinajstić information content (AvgIpc) is 2.99. The van der Waals surface area contributed by atoms with Crippen molar-refractivity contribution in [3.8, 4) is 0 Å². The fourth-order valence-corrected chi connectivity index (χ4v) is 1.90. The zero-order valence-electron chi connectivity index (χ0n) is 9.77. The number of nitrogens with zero attached hydrogens (tertiary/aromatic N) is 6. The molecule has 10 heteroatoms. The van der Waals surface area contributed by atoms with Gasteiger partial charge in [-0.2, -0.15) is 0 Å². The number of carbonyl (C=O) groups excluding carboxylic acids is 1. The highest BCUT2D eigenvalue weighted by Gasteiger charge is 2.13. The van der Waals surface area contributed by atoms with Gasteiger partial charge in [0, 0.05) is 7.11 Å². The lowest BCUT2D eigenvalue weighted by atomic mass is 10.4. The van der Waals surface area contributed by atoms with Crippen LogP contribution in [0.1, 0.15) is 18.0 Å². The van der Waals surface area contributed by atoms with Crippen molar-refractivity contribution in [3.05, 3.63) is 11.3 Å². The predicted molar refractivity (Wildman–Crippen MR) is 61.8 cm³/mol. The van der Waals surface area contributed by atoms with Crippen LogP contribution >= 0.6 is 11.3 Å². The molecule has 2 heterocycles. The molecule has 0 bridgehead atoms. The number of amides is 1. The molecule has 0 aliphatic carbocycles. The van der Waals surface area contributed by atoms with Gasteiger partial charge in [-0.15, -0.1) is 15.3 Å². The molecule has 1 amide bonds. The summed E-state index contributed by atoms with van der Waals surface area (Å²) in [7, 11) is 1.59. The molecule has 96 valence electrons. The van der Waals surface area contributed by atoms with Gasteiger partial charge in [-0.25, -0.2) is 4.68 Å². The third kappa shape index (κ3) is 3.05. The van der Waals surface area contributed by atoms with E-state index in [4.69, 9.17) is 4.74 Å². The van der Waals surface area contributed by atoms with Crippen molar-refractivity contribution in [2.45, 2.75) is 19.6 Å². The molecule has 2 aromatic heterocycles. The minimum atomic E-state index is -0.268. The summed E-state index contributed by atoms with van der Waals surface area (Å²) in [6, 6.07) is 0. The van der Waals surface area contributed by atoms with Gasteiger partial charge in [-0.3, -0.25) is 10.1 Å². The summed E-state index contributed by atoms with van der Waals surface area (Å²) in [6.07, 6.45) is 1.21. The largest absolute Gasteiger partial charge is 0.374 e. The van der Waals surface area contributed by atoms with Gasteiger partial charge in [0.25, 0.3) is 0 Å². The lowest BCUT2D eigenvalue weighted by Crippen LogP contribution is -2.19. The fraction of sp³-hybridized carbons (Fsp3) is 0.500. The van der Waals surface area contributed by atoms with Crippen molar-refractivity contribution >= 4 is 22.4 Å². The molecule has 0 saturated heterocycles. The van der Waals surface area contributed by atoms with Gasteiger partial charge in [0.05, 0.1) is 0 Å². The first-order valence-electron chi connectivity index (χ1n) is 5.06. The number of methoxy groups -OCH3 is 1. The Morgan fingerprint density at radius 3 is 3.11 bits per heavy atom. The summed E-state index contributed by atoms with van der Waals surface area (Å²) < 4.78 is 6.42. The lowest BCUT2D eigenvalue weighted by Gasteiger charge is -2.02. The third-order valence-corrected chi connectivity index (χ3v) is 3.09. The Labute approximate surface area is 106 Å². The first-order chi connectivity index (χ1) is 8.69. The molecule has 0 spiro atoms. The van der Waals surface area contributed by atoms with Crippen LogP contribution in [0.25, 0.3) is 0 Å². The molecule has 1 atom stereocenters. The summed E-state index contributed by atoms with van der Waals surface area (Å²) >= 11 is 1.27. The predicted octanol–water partition coefficient (Wildman–Crippen LogP) is -0.129. The van der Waals surface area contributed by atoms with Crippen LogP contribution in [0.15, 0.2) is 6.33 Å². The van der Waals surface area contributed by atoms with Crippen LogP contribution in [0.4, 0.5) is 5.13 Å². The Hall–Kier alpha value is -1.94. The van der Waals surface area contributed by atoms with Crippen LogP contribution < -0.4 is 5.32 Å². The molecular formula is C8H11N7O2S. The summed E-state index contributed by atoms with van der Waals surface area (Å²) in [5, 5.41) is 22.0. The summed E-state index contributed by atoms with van der Waals surface area (Å²) in [5.41, 5.74) is 0. The molecular weight excluding hydrogens is 258 g/mol. The van der Waals surface area contributed by atoms with Gasteiger partial charge < -0.3 is 4.74 Å². The minimum Gasteiger partial charge on any atom is -0.374 e. The zero-order chi connectivity index (χ0) is 13.0. The number of carbonyl (C=O) groups is 1. The standard InChI is InChI=1S/C8H11N7O2S/c1-5(17-2)7-11-12-8(18-7)10-6(16)3-15-4-9-13-14-15/h4-5H,3H2,1-2H3,(H,10,12,16). The van der Waals surface area contributed by atoms with Crippen molar-refractivity contribution in [1.29, 1.82) is 0 Å². The summed E-state index contributed by atoms with van der Waals surface area (Å²) in [4.78, 5) is 11.6. The number of rotatable bonds is 5. The summed E-state index contributed by atoms with van der Waals surface area (Å²) in [6.45, 7) is 1.88. The molecule has 0 fully saturated rings. The number of hydrogen-bond acceptors (Lipinski definition) is 8. The van der Waals surface area contributed by atoms with Gasteiger partial charge in [-0.05, 0) is 17.4 Å². The molecule has 18 heavy (non-hydrogen) atoms. The first-order valence-corrected chi connectivity index (χ1v) is 5.87. The molecule has 9 nitrogen and oxygen atoms in total. The van der Waals surface area contributed by atoms with Crippen LogP contribution in [0, 0.1) is 0 Å². The minimum absolute atomic E-state index is 0.0295. The van der Waals surface area contributed by atoms with E-state index in [-0.39, 0.29) is 18.6 Å². The number of hydrogen-bond donors (Lipinski definition) is 1. The van der Waals surface area contributed by atoms with E-state index in [1.54, 1.807) is 7.11 Å². The molecule has 1 N–H and O–H groups in total. The smallest absolute Gasteiger partial charge is 0.248 e. The number of aromatic nitrogens is 6. The monoisotopic (exact) mass is 269 g/mol. The molecule has 0 aliphatic rings. The van der Waals surface area contributed by atoms with E-state index in [9.17, 15) is 4.79 Å². The van der Waals surface area contributed by atoms with Gasteiger partial charge in [0.1, 0.15) is 24.0 Å². The van der Waals surface area contributed by atoms with Gasteiger partial charge in [0.15, 0.2) is 0 Å². The topological polar surface area (TPSA) is 108 Å². The van der Waals surface area contributed by atoms with Crippen molar-refractivity contribution in [2.24, 2.45) is 0 Å². The molecule has 2 aromatic rings. The van der Waals surface area contributed by atoms with Crippen LogP contribution in [0.2, 0.25) is 0 Å². The lowest BCUT2D eigenvalue weighted by molar-refractivity contribution is -0.116. The second-order valence-corrected chi connectivity index (χ2v) is 4.39. The molecule has 0 saturated carbocycles. The first kappa shape index (κ1) is 12.5. The van der Waals surface area contributed by atoms with E-state index in [0.717, 1.165) is 0 Å². The number of nitrogens with one attached hydrogen (secondary N) is 1. The Kier molecular flexibility index (Phi) is 3.89.